The first-order valence-corrected chi connectivity index (χ1v) is 4.06. The van der Waals surface area contributed by atoms with Gasteiger partial charge in [0, 0.05) is 0 Å². The number of allylic oxidation sites excluding steroid dienone is 2. The molecule has 0 rings (SSSR count). The molecule has 0 saturated carbocycles. The van der Waals surface area contributed by atoms with E-state index in [0.29, 0.717) is 0 Å². The molecule has 0 aliphatic rings. The van der Waals surface area contributed by atoms with Crippen molar-refractivity contribution in [2.75, 3.05) is 0 Å². The van der Waals surface area contributed by atoms with Gasteiger partial charge in [0.2, 0.25) is 0 Å². The monoisotopic (exact) mass is 156 g/mol. The van der Waals surface area contributed by atoms with Crippen LogP contribution in [0.2, 0.25) is 0 Å². The zero-order valence-corrected chi connectivity index (χ0v) is 7.21. The van der Waals surface area contributed by atoms with E-state index >= 15 is 0 Å². The van der Waals surface area contributed by atoms with Gasteiger partial charge in [-0.1, -0.05) is 26.0 Å². The van der Waals surface area contributed by atoms with E-state index in [9.17, 15) is 4.79 Å². The number of carbonyl (C=O) groups is 1. The van der Waals surface area contributed by atoms with Gasteiger partial charge in [0.1, 0.15) is 0 Å². The van der Waals surface area contributed by atoms with Gasteiger partial charge in [-0.25, -0.2) is 0 Å². The maximum atomic E-state index is 10.3. The van der Waals surface area contributed by atoms with Crippen LogP contribution in [0.4, 0.5) is 0 Å². The van der Waals surface area contributed by atoms with Crippen molar-refractivity contribution in [3.05, 3.63) is 12.2 Å². The summed E-state index contributed by atoms with van der Waals surface area (Å²) in [6.45, 7) is 3.80. The smallest absolute Gasteiger partial charge is 0.306 e. The van der Waals surface area contributed by atoms with Crippen molar-refractivity contribution in [2.45, 2.75) is 33.1 Å². The Kier molecular flexibility index (Phi) is 5.53. The second kappa shape index (κ2) is 5.96. The van der Waals surface area contributed by atoms with Gasteiger partial charge in [0.25, 0.3) is 0 Å². The summed E-state index contributed by atoms with van der Waals surface area (Å²) in [6.07, 6.45) is 6.75. The molecular formula is C9H16O2. The van der Waals surface area contributed by atoms with Crippen LogP contribution in [-0.4, -0.2) is 11.1 Å². The van der Waals surface area contributed by atoms with E-state index in [4.69, 9.17) is 5.11 Å². The van der Waals surface area contributed by atoms with Crippen LogP contribution in [0.15, 0.2) is 12.2 Å². The van der Waals surface area contributed by atoms with Crippen LogP contribution in [0, 0.1) is 5.92 Å². The molecular weight excluding hydrogens is 140 g/mol. The van der Waals surface area contributed by atoms with E-state index in [1.165, 1.54) is 0 Å². The molecule has 1 N–H and O–H groups in total. The van der Waals surface area contributed by atoms with E-state index in [2.05, 4.69) is 13.0 Å². The predicted molar refractivity (Wildman–Crippen MR) is 45.5 cm³/mol. The Hall–Kier alpha value is -0.790. The number of aliphatic carboxylic acids is 1. The molecule has 0 saturated heterocycles. The molecule has 0 aliphatic heterocycles. The lowest BCUT2D eigenvalue weighted by Gasteiger charge is -2.01. The number of rotatable bonds is 5. The molecule has 0 aromatic heterocycles. The lowest BCUT2D eigenvalue weighted by Crippen LogP contribution is -2.08. The van der Waals surface area contributed by atoms with Gasteiger partial charge in [-0.05, 0) is 19.3 Å². The van der Waals surface area contributed by atoms with E-state index in [0.717, 1.165) is 19.3 Å². The molecule has 64 valence electrons. The molecule has 1 unspecified atom stereocenters. The van der Waals surface area contributed by atoms with Crippen molar-refractivity contribution in [2.24, 2.45) is 5.92 Å². The van der Waals surface area contributed by atoms with Crippen molar-refractivity contribution >= 4 is 5.97 Å². The summed E-state index contributed by atoms with van der Waals surface area (Å²) in [6, 6.07) is 0. The molecule has 0 fully saturated rings. The predicted octanol–water partition coefficient (Wildman–Crippen LogP) is 2.45. The molecule has 0 aromatic rings. The summed E-state index contributed by atoms with van der Waals surface area (Å²) in [5.74, 6) is -0.911. The maximum absolute atomic E-state index is 10.3. The minimum atomic E-state index is -0.699. The lowest BCUT2D eigenvalue weighted by molar-refractivity contribution is -0.141. The van der Waals surface area contributed by atoms with Gasteiger partial charge in [-0.3, -0.25) is 4.79 Å². The summed E-state index contributed by atoms with van der Waals surface area (Å²) in [5, 5.41) is 8.51. The Morgan fingerprint density at radius 3 is 2.64 bits per heavy atom. The Morgan fingerprint density at radius 2 is 2.18 bits per heavy atom. The molecule has 0 heterocycles. The van der Waals surface area contributed by atoms with E-state index in [1.807, 2.05) is 6.08 Å². The lowest BCUT2D eigenvalue weighted by atomic mass is 10.1. The van der Waals surface area contributed by atoms with Crippen molar-refractivity contribution < 1.29 is 9.90 Å². The van der Waals surface area contributed by atoms with Crippen LogP contribution < -0.4 is 0 Å². The third-order valence-electron chi connectivity index (χ3n) is 1.59. The highest BCUT2D eigenvalue weighted by Gasteiger charge is 2.07. The molecule has 1 atom stereocenters. The normalized spacial score (nSPS) is 13.6. The van der Waals surface area contributed by atoms with Gasteiger partial charge in [-0.2, -0.15) is 0 Å². The van der Waals surface area contributed by atoms with E-state index in [-0.39, 0.29) is 5.92 Å². The fourth-order valence-electron chi connectivity index (χ4n) is 0.754. The van der Waals surface area contributed by atoms with Gasteiger partial charge >= 0.3 is 5.97 Å². The fourth-order valence-corrected chi connectivity index (χ4v) is 0.754. The molecule has 0 aliphatic carbocycles. The van der Waals surface area contributed by atoms with Crippen LogP contribution in [-0.2, 0) is 4.79 Å². The number of hydrogen-bond donors (Lipinski definition) is 1. The van der Waals surface area contributed by atoms with Crippen molar-refractivity contribution in [1.82, 2.24) is 0 Å². The fraction of sp³-hybridized carbons (Fsp3) is 0.667. The summed E-state index contributed by atoms with van der Waals surface area (Å²) in [5.41, 5.74) is 0. The molecule has 0 radical (unpaired) electrons. The SMILES string of the molecule is CC/C=C/CCC(C)C(=O)O. The van der Waals surface area contributed by atoms with Gasteiger partial charge in [0.05, 0.1) is 5.92 Å². The molecule has 0 amide bonds. The second-order valence-electron chi connectivity index (χ2n) is 2.70. The first-order valence-electron chi connectivity index (χ1n) is 4.06. The summed E-state index contributed by atoms with van der Waals surface area (Å²) >= 11 is 0. The standard InChI is InChI=1S/C9H16O2/c1-3-4-5-6-7-8(2)9(10)11/h4-5,8H,3,6-7H2,1-2H3,(H,10,11)/b5-4+. The summed E-state index contributed by atoms with van der Waals surface area (Å²) in [4.78, 5) is 10.3. The zero-order chi connectivity index (χ0) is 8.69. The molecule has 11 heavy (non-hydrogen) atoms. The zero-order valence-electron chi connectivity index (χ0n) is 7.21. The second-order valence-corrected chi connectivity index (χ2v) is 2.70. The van der Waals surface area contributed by atoms with Crippen molar-refractivity contribution in [3.8, 4) is 0 Å². The van der Waals surface area contributed by atoms with Crippen LogP contribution in [0.25, 0.3) is 0 Å². The minimum absolute atomic E-state index is 0.212. The first kappa shape index (κ1) is 10.2. The Balaban J connectivity index is 3.38. The van der Waals surface area contributed by atoms with E-state index < -0.39 is 5.97 Å². The maximum Gasteiger partial charge on any atom is 0.306 e. The summed E-state index contributed by atoms with van der Waals surface area (Å²) in [7, 11) is 0. The highest BCUT2D eigenvalue weighted by atomic mass is 16.4. The average Bonchev–Trinajstić information content (AvgIpc) is 1.97. The molecule has 0 bridgehead atoms. The van der Waals surface area contributed by atoms with Gasteiger partial charge < -0.3 is 5.11 Å². The Labute approximate surface area is 67.9 Å². The molecule has 0 aromatic carbocycles. The van der Waals surface area contributed by atoms with E-state index in [1.54, 1.807) is 6.92 Å². The van der Waals surface area contributed by atoms with Crippen LogP contribution in [0.1, 0.15) is 33.1 Å². The molecule has 2 heteroatoms. The number of carboxylic acids is 1. The Morgan fingerprint density at radius 1 is 1.55 bits per heavy atom. The minimum Gasteiger partial charge on any atom is -0.481 e. The van der Waals surface area contributed by atoms with Gasteiger partial charge in [-0.15, -0.1) is 0 Å². The summed E-state index contributed by atoms with van der Waals surface area (Å²) < 4.78 is 0. The van der Waals surface area contributed by atoms with Crippen LogP contribution in [0.3, 0.4) is 0 Å². The van der Waals surface area contributed by atoms with Crippen LogP contribution in [0.5, 0.6) is 0 Å². The largest absolute Gasteiger partial charge is 0.481 e. The molecule has 2 nitrogen and oxygen atoms in total. The first-order chi connectivity index (χ1) is 5.18. The highest BCUT2D eigenvalue weighted by molar-refractivity contribution is 5.69. The quantitative estimate of drug-likeness (QED) is 0.621. The average molecular weight is 156 g/mol. The Bertz CT molecular complexity index is 138. The third-order valence-corrected chi connectivity index (χ3v) is 1.59. The molecule has 0 spiro atoms. The van der Waals surface area contributed by atoms with Gasteiger partial charge in [0.15, 0.2) is 0 Å². The van der Waals surface area contributed by atoms with Crippen molar-refractivity contribution in [1.29, 1.82) is 0 Å². The highest BCUT2D eigenvalue weighted by Crippen LogP contribution is 2.05. The third kappa shape index (κ3) is 5.64. The number of hydrogen-bond acceptors (Lipinski definition) is 1. The topological polar surface area (TPSA) is 37.3 Å². The number of carboxylic acid groups (broad SMARTS) is 1. The van der Waals surface area contributed by atoms with Crippen LogP contribution >= 0.6 is 0 Å². The van der Waals surface area contributed by atoms with Crippen molar-refractivity contribution in [3.63, 3.8) is 0 Å².